The molecule has 1 rings (SSSR count). The van der Waals surface area contributed by atoms with Crippen molar-refractivity contribution in [1.29, 1.82) is 0 Å². The standard InChI is InChI=1S/C13H22O2/c1-3-5-6-8-12-10-9-11(7-4-2)13(14)15-12/h4,11-12H,2-3,5-10H2,1H3. The number of cyclic esters (lactones) is 1. The van der Waals surface area contributed by atoms with Crippen LogP contribution in [0.4, 0.5) is 0 Å². The lowest BCUT2D eigenvalue weighted by molar-refractivity contribution is -0.160. The van der Waals surface area contributed by atoms with Gasteiger partial charge in [-0.05, 0) is 32.1 Å². The Hall–Kier alpha value is -0.790. The minimum absolute atomic E-state index is 0.0114. The fourth-order valence-corrected chi connectivity index (χ4v) is 2.06. The van der Waals surface area contributed by atoms with E-state index in [-0.39, 0.29) is 18.0 Å². The Balaban J connectivity index is 2.24. The summed E-state index contributed by atoms with van der Waals surface area (Å²) in [4.78, 5) is 11.6. The van der Waals surface area contributed by atoms with Crippen molar-refractivity contribution in [2.45, 2.75) is 58.0 Å². The molecule has 0 aromatic carbocycles. The Morgan fingerprint density at radius 2 is 2.27 bits per heavy atom. The summed E-state index contributed by atoms with van der Waals surface area (Å²) < 4.78 is 5.41. The van der Waals surface area contributed by atoms with Gasteiger partial charge in [0.05, 0.1) is 5.92 Å². The van der Waals surface area contributed by atoms with Gasteiger partial charge in [0.25, 0.3) is 0 Å². The van der Waals surface area contributed by atoms with E-state index in [1.54, 1.807) is 0 Å². The molecule has 2 heteroatoms. The molecule has 1 heterocycles. The number of hydrogen-bond donors (Lipinski definition) is 0. The molecule has 86 valence electrons. The van der Waals surface area contributed by atoms with Crippen LogP contribution in [-0.4, -0.2) is 12.1 Å². The molecule has 0 spiro atoms. The average Bonchev–Trinajstić information content (AvgIpc) is 2.23. The van der Waals surface area contributed by atoms with Crippen molar-refractivity contribution in [3.63, 3.8) is 0 Å². The lowest BCUT2D eigenvalue weighted by Gasteiger charge is -2.27. The largest absolute Gasteiger partial charge is 0.462 e. The second-order valence-corrected chi connectivity index (χ2v) is 4.35. The van der Waals surface area contributed by atoms with E-state index in [2.05, 4.69) is 13.5 Å². The molecule has 0 aromatic heterocycles. The molecule has 0 aromatic rings. The fraction of sp³-hybridized carbons (Fsp3) is 0.769. The van der Waals surface area contributed by atoms with Crippen molar-refractivity contribution in [3.05, 3.63) is 12.7 Å². The van der Waals surface area contributed by atoms with E-state index < -0.39 is 0 Å². The third kappa shape index (κ3) is 4.06. The van der Waals surface area contributed by atoms with Crippen LogP contribution >= 0.6 is 0 Å². The minimum Gasteiger partial charge on any atom is -0.462 e. The Labute approximate surface area is 92.7 Å². The molecular formula is C13H22O2. The van der Waals surface area contributed by atoms with Gasteiger partial charge in [-0.2, -0.15) is 0 Å². The first-order valence-electron chi connectivity index (χ1n) is 6.09. The summed E-state index contributed by atoms with van der Waals surface area (Å²) in [7, 11) is 0. The van der Waals surface area contributed by atoms with Crippen molar-refractivity contribution in [2.75, 3.05) is 0 Å². The van der Waals surface area contributed by atoms with Gasteiger partial charge < -0.3 is 4.74 Å². The van der Waals surface area contributed by atoms with Gasteiger partial charge in [-0.1, -0.05) is 25.8 Å². The van der Waals surface area contributed by atoms with E-state index in [0.717, 1.165) is 25.7 Å². The van der Waals surface area contributed by atoms with Gasteiger partial charge in [-0.3, -0.25) is 4.79 Å². The molecule has 0 aliphatic carbocycles. The normalized spacial score (nSPS) is 26.1. The van der Waals surface area contributed by atoms with Gasteiger partial charge in [0.2, 0.25) is 0 Å². The summed E-state index contributed by atoms with van der Waals surface area (Å²) in [5.74, 6) is 0.0626. The molecule has 15 heavy (non-hydrogen) atoms. The zero-order chi connectivity index (χ0) is 11.1. The Bertz CT molecular complexity index is 211. The van der Waals surface area contributed by atoms with Gasteiger partial charge in [-0.15, -0.1) is 6.58 Å². The number of rotatable bonds is 6. The van der Waals surface area contributed by atoms with Crippen LogP contribution in [0.2, 0.25) is 0 Å². The monoisotopic (exact) mass is 210 g/mol. The SMILES string of the molecule is C=CCC1CCC(CCCCC)OC1=O. The lowest BCUT2D eigenvalue weighted by Crippen LogP contribution is -2.30. The summed E-state index contributed by atoms with van der Waals surface area (Å²) >= 11 is 0. The number of ether oxygens (including phenoxy) is 1. The quantitative estimate of drug-likeness (QED) is 0.381. The molecule has 0 amide bonds. The third-order valence-electron chi connectivity index (χ3n) is 3.03. The molecule has 1 saturated heterocycles. The maximum atomic E-state index is 11.6. The van der Waals surface area contributed by atoms with Crippen molar-refractivity contribution in [3.8, 4) is 0 Å². The summed E-state index contributed by atoms with van der Waals surface area (Å²) in [6.07, 6.45) is 9.45. The predicted octanol–water partition coefficient (Wildman–Crippen LogP) is 3.46. The third-order valence-corrected chi connectivity index (χ3v) is 3.03. The summed E-state index contributed by atoms with van der Waals surface area (Å²) in [5.41, 5.74) is 0. The first kappa shape index (κ1) is 12.3. The van der Waals surface area contributed by atoms with E-state index in [9.17, 15) is 4.79 Å². The van der Waals surface area contributed by atoms with Crippen LogP contribution in [0.15, 0.2) is 12.7 Å². The molecule has 2 nitrogen and oxygen atoms in total. The van der Waals surface area contributed by atoms with Crippen LogP contribution in [0.3, 0.4) is 0 Å². The van der Waals surface area contributed by atoms with Crippen LogP contribution in [-0.2, 0) is 9.53 Å². The van der Waals surface area contributed by atoms with Crippen LogP contribution in [0.5, 0.6) is 0 Å². The van der Waals surface area contributed by atoms with E-state index >= 15 is 0 Å². The molecule has 2 atom stereocenters. The number of esters is 1. The summed E-state index contributed by atoms with van der Waals surface area (Å²) in [5, 5.41) is 0. The second kappa shape index (κ2) is 6.65. The van der Waals surface area contributed by atoms with Crippen molar-refractivity contribution in [2.24, 2.45) is 5.92 Å². The molecule has 0 radical (unpaired) electrons. The lowest BCUT2D eigenvalue weighted by atomic mass is 9.93. The van der Waals surface area contributed by atoms with Crippen molar-refractivity contribution < 1.29 is 9.53 Å². The molecule has 0 N–H and O–H groups in total. The highest BCUT2D eigenvalue weighted by Gasteiger charge is 2.28. The number of unbranched alkanes of at least 4 members (excludes halogenated alkanes) is 2. The predicted molar refractivity (Wildman–Crippen MR) is 61.6 cm³/mol. The number of allylic oxidation sites excluding steroid dienone is 1. The van der Waals surface area contributed by atoms with Gasteiger partial charge in [0.15, 0.2) is 0 Å². The summed E-state index contributed by atoms with van der Waals surface area (Å²) in [6, 6.07) is 0. The molecule has 0 bridgehead atoms. The van der Waals surface area contributed by atoms with E-state index in [0.29, 0.717) is 0 Å². The summed E-state index contributed by atoms with van der Waals surface area (Å²) in [6.45, 7) is 5.85. The Morgan fingerprint density at radius 1 is 1.47 bits per heavy atom. The molecule has 0 saturated carbocycles. The van der Waals surface area contributed by atoms with E-state index in [1.165, 1.54) is 19.3 Å². The molecule has 2 unspecified atom stereocenters. The van der Waals surface area contributed by atoms with Gasteiger partial charge in [0, 0.05) is 0 Å². The number of hydrogen-bond acceptors (Lipinski definition) is 2. The van der Waals surface area contributed by atoms with E-state index in [4.69, 9.17) is 4.74 Å². The Morgan fingerprint density at radius 3 is 2.87 bits per heavy atom. The van der Waals surface area contributed by atoms with Gasteiger partial charge in [0.1, 0.15) is 6.10 Å². The highest BCUT2D eigenvalue weighted by atomic mass is 16.5. The first-order valence-corrected chi connectivity index (χ1v) is 6.09. The molecule has 1 aliphatic heterocycles. The van der Waals surface area contributed by atoms with E-state index in [1.807, 2.05) is 6.08 Å². The second-order valence-electron chi connectivity index (χ2n) is 4.35. The number of carbonyl (C=O) groups is 1. The average molecular weight is 210 g/mol. The van der Waals surface area contributed by atoms with Crippen LogP contribution in [0.25, 0.3) is 0 Å². The highest BCUT2D eigenvalue weighted by Crippen LogP contribution is 2.25. The van der Waals surface area contributed by atoms with Crippen molar-refractivity contribution >= 4 is 5.97 Å². The zero-order valence-corrected chi connectivity index (χ0v) is 9.71. The van der Waals surface area contributed by atoms with Crippen molar-refractivity contribution in [1.82, 2.24) is 0 Å². The Kier molecular flexibility index (Phi) is 5.44. The minimum atomic E-state index is -0.0114. The topological polar surface area (TPSA) is 26.3 Å². The van der Waals surface area contributed by atoms with Gasteiger partial charge >= 0.3 is 5.97 Å². The zero-order valence-electron chi connectivity index (χ0n) is 9.71. The van der Waals surface area contributed by atoms with Gasteiger partial charge in [-0.25, -0.2) is 0 Å². The van der Waals surface area contributed by atoms with Crippen LogP contribution in [0, 0.1) is 5.92 Å². The van der Waals surface area contributed by atoms with Crippen LogP contribution < -0.4 is 0 Å². The smallest absolute Gasteiger partial charge is 0.309 e. The molecular weight excluding hydrogens is 188 g/mol. The highest BCUT2D eigenvalue weighted by molar-refractivity contribution is 5.73. The first-order chi connectivity index (χ1) is 7.27. The molecule has 1 fully saturated rings. The maximum absolute atomic E-state index is 11.6. The van der Waals surface area contributed by atoms with Crippen LogP contribution in [0.1, 0.15) is 51.9 Å². The molecule has 1 aliphatic rings. The fourth-order valence-electron chi connectivity index (χ4n) is 2.06. The maximum Gasteiger partial charge on any atom is 0.309 e. The number of carbonyl (C=O) groups excluding carboxylic acids is 1.